The predicted molar refractivity (Wildman–Crippen MR) is 83.3 cm³/mol. The number of aromatic nitrogens is 1. The molecule has 2 nitrogen and oxygen atoms in total. The molecule has 1 rings (SSSR count). The van der Waals surface area contributed by atoms with Crippen molar-refractivity contribution in [1.82, 2.24) is 4.98 Å². The Balaban J connectivity index is 2.04. The Morgan fingerprint density at radius 2 is 1.74 bits per heavy atom. The normalized spacial score (nSPS) is 12.6. The van der Waals surface area contributed by atoms with Crippen LogP contribution in [0.5, 0.6) is 0 Å². The molecule has 0 aromatic carbocycles. The molecule has 0 aliphatic heterocycles. The van der Waals surface area contributed by atoms with Crippen molar-refractivity contribution in [1.29, 1.82) is 0 Å². The maximum atomic E-state index is 6.17. The summed E-state index contributed by atoms with van der Waals surface area (Å²) >= 11 is 0. The molecular weight excluding hydrogens is 232 g/mol. The topological polar surface area (TPSA) is 38.9 Å². The monoisotopic (exact) mass is 262 g/mol. The molecule has 108 valence electrons. The van der Waals surface area contributed by atoms with Gasteiger partial charge in [0.25, 0.3) is 0 Å². The van der Waals surface area contributed by atoms with Gasteiger partial charge in [0.15, 0.2) is 0 Å². The molecule has 0 aliphatic rings. The van der Waals surface area contributed by atoms with Gasteiger partial charge in [-0.3, -0.25) is 4.98 Å². The van der Waals surface area contributed by atoms with E-state index in [9.17, 15) is 0 Å². The number of unbranched alkanes of at least 4 members (excludes halogenated alkanes) is 6. The molecule has 19 heavy (non-hydrogen) atoms. The second-order valence-corrected chi connectivity index (χ2v) is 5.70. The first-order valence-corrected chi connectivity index (χ1v) is 7.89. The first-order valence-electron chi connectivity index (χ1n) is 7.89. The van der Waals surface area contributed by atoms with Crippen molar-refractivity contribution < 1.29 is 0 Å². The molecule has 0 fully saturated rings. The molecular formula is C17H30N2. The molecule has 0 spiro atoms. The van der Waals surface area contributed by atoms with E-state index in [-0.39, 0.29) is 6.04 Å². The van der Waals surface area contributed by atoms with Crippen LogP contribution in [-0.4, -0.2) is 11.0 Å². The van der Waals surface area contributed by atoms with Gasteiger partial charge in [-0.1, -0.05) is 57.9 Å². The molecule has 1 aromatic heterocycles. The quantitative estimate of drug-likeness (QED) is 0.635. The summed E-state index contributed by atoms with van der Waals surface area (Å²) in [5, 5.41) is 0. The minimum atomic E-state index is 0.269. The highest BCUT2D eigenvalue weighted by Crippen LogP contribution is 2.11. The second kappa shape index (κ2) is 9.96. The van der Waals surface area contributed by atoms with Crippen LogP contribution in [0.15, 0.2) is 18.3 Å². The Labute approximate surface area is 118 Å². The zero-order valence-corrected chi connectivity index (χ0v) is 12.7. The number of pyridine rings is 1. The summed E-state index contributed by atoms with van der Waals surface area (Å²) in [6, 6.07) is 4.48. The van der Waals surface area contributed by atoms with E-state index in [1.54, 1.807) is 0 Å². The summed E-state index contributed by atoms with van der Waals surface area (Å²) in [7, 11) is 0. The fraction of sp³-hybridized carbons (Fsp3) is 0.706. The molecule has 0 radical (unpaired) electrons. The standard InChI is InChI=1S/C17H30N2/c1-3-4-5-6-7-8-9-10-16(18)13-17-12-11-15(2)14-19-17/h11-12,14,16H,3-10,13,18H2,1-2H3. The first kappa shape index (κ1) is 16.2. The number of nitrogens with two attached hydrogens (primary N) is 1. The predicted octanol–water partition coefficient (Wildman–Crippen LogP) is 4.40. The lowest BCUT2D eigenvalue weighted by Crippen LogP contribution is -2.23. The largest absolute Gasteiger partial charge is 0.327 e. The smallest absolute Gasteiger partial charge is 0.0419 e. The lowest BCUT2D eigenvalue weighted by atomic mass is 10.0. The number of hydrogen-bond acceptors (Lipinski definition) is 2. The minimum Gasteiger partial charge on any atom is -0.327 e. The molecule has 1 atom stereocenters. The third kappa shape index (κ3) is 7.99. The van der Waals surface area contributed by atoms with Crippen LogP contribution in [0.4, 0.5) is 0 Å². The summed E-state index contributed by atoms with van der Waals surface area (Å²) in [6.45, 7) is 4.33. The van der Waals surface area contributed by atoms with Crippen molar-refractivity contribution in [3.8, 4) is 0 Å². The van der Waals surface area contributed by atoms with E-state index >= 15 is 0 Å². The van der Waals surface area contributed by atoms with Gasteiger partial charge in [0.05, 0.1) is 0 Å². The van der Waals surface area contributed by atoms with Gasteiger partial charge in [0.1, 0.15) is 0 Å². The van der Waals surface area contributed by atoms with Crippen molar-refractivity contribution in [3.05, 3.63) is 29.6 Å². The van der Waals surface area contributed by atoms with Crippen molar-refractivity contribution in [2.45, 2.75) is 77.7 Å². The van der Waals surface area contributed by atoms with Gasteiger partial charge in [-0.25, -0.2) is 0 Å². The Morgan fingerprint density at radius 3 is 2.37 bits per heavy atom. The van der Waals surface area contributed by atoms with Gasteiger partial charge in [-0.05, 0) is 25.0 Å². The Kier molecular flexibility index (Phi) is 8.48. The van der Waals surface area contributed by atoms with E-state index in [0.29, 0.717) is 0 Å². The van der Waals surface area contributed by atoms with Gasteiger partial charge in [-0.2, -0.15) is 0 Å². The fourth-order valence-corrected chi connectivity index (χ4v) is 2.35. The Morgan fingerprint density at radius 1 is 1.05 bits per heavy atom. The second-order valence-electron chi connectivity index (χ2n) is 5.70. The molecule has 2 heteroatoms. The first-order chi connectivity index (χ1) is 9.22. The molecule has 1 unspecified atom stereocenters. The number of nitrogens with zero attached hydrogens (tertiary/aromatic N) is 1. The molecule has 0 aliphatic carbocycles. The van der Waals surface area contributed by atoms with E-state index in [0.717, 1.165) is 18.5 Å². The van der Waals surface area contributed by atoms with Crippen LogP contribution in [0.3, 0.4) is 0 Å². The van der Waals surface area contributed by atoms with Crippen molar-refractivity contribution >= 4 is 0 Å². The van der Waals surface area contributed by atoms with E-state index in [2.05, 4.69) is 31.0 Å². The SMILES string of the molecule is CCCCCCCCCC(N)Cc1ccc(C)cn1. The van der Waals surface area contributed by atoms with Gasteiger partial charge >= 0.3 is 0 Å². The lowest BCUT2D eigenvalue weighted by Gasteiger charge is -2.11. The maximum absolute atomic E-state index is 6.17. The van der Waals surface area contributed by atoms with Gasteiger partial charge in [-0.15, -0.1) is 0 Å². The van der Waals surface area contributed by atoms with Gasteiger partial charge < -0.3 is 5.73 Å². The van der Waals surface area contributed by atoms with Crippen molar-refractivity contribution in [2.75, 3.05) is 0 Å². The number of rotatable bonds is 10. The van der Waals surface area contributed by atoms with Crippen LogP contribution in [0.1, 0.15) is 69.5 Å². The van der Waals surface area contributed by atoms with Crippen LogP contribution in [0.25, 0.3) is 0 Å². The van der Waals surface area contributed by atoms with E-state index < -0.39 is 0 Å². The van der Waals surface area contributed by atoms with Crippen LogP contribution >= 0.6 is 0 Å². The van der Waals surface area contributed by atoms with Crippen LogP contribution in [0, 0.1) is 6.92 Å². The molecule has 0 saturated heterocycles. The van der Waals surface area contributed by atoms with E-state index in [1.165, 1.54) is 50.5 Å². The van der Waals surface area contributed by atoms with E-state index in [1.807, 2.05) is 6.20 Å². The van der Waals surface area contributed by atoms with Crippen molar-refractivity contribution in [3.63, 3.8) is 0 Å². The third-order valence-electron chi connectivity index (χ3n) is 3.62. The fourth-order valence-electron chi connectivity index (χ4n) is 2.35. The number of aryl methyl sites for hydroxylation is 1. The molecule has 0 saturated carbocycles. The lowest BCUT2D eigenvalue weighted by molar-refractivity contribution is 0.525. The highest BCUT2D eigenvalue weighted by atomic mass is 14.7. The zero-order chi connectivity index (χ0) is 13.9. The average molecular weight is 262 g/mol. The zero-order valence-electron chi connectivity index (χ0n) is 12.7. The van der Waals surface area contributed by atoms with E-state index in [4.69, 9.17) is 5.73 Å². The summed E-state index contributed by atoms with van der Waals surface area (Å²) in [6.07, 6.45) is 13.4. The van der Waals surface area contributed by atoms with Crippen LogP contribution < -0.4 is 5.73 Å². The summed E-state index contributed by atoms with van der Waals surface area (Å²) in [5.41, 5.74) is 8.50. The molecule has 0 bridgehead atoms. The summed E-state index contributed by atoms with van der Waals surface area (Å²) in [4.78, 5) is 4.42. The third-order valence-corrected chi connectivity index (χ3v) is 3.62. The minimum absolute atomic E-state index is 0.269. The molecule has 2 N–H and O–H groups in total. The maximum Gasteiger partial charge on any atom is 0.0419 e. The Bertz CT molecular complexity index is 319. The molecule has 1 heterocycles. The average Bonchev–Trinajstić information content (AvgIpc) is 2.40. The van der Waals surface area contributed by atoms with Crippen LogP contribution in [0.2, 0.25) is 0 Å². The number of hydrogen-bond donors (Lipinski definition) is 1. The molecule has 1 aromatic rings. The highest BCUT2D eigenvalue weighted by Gasteiger charge is 2.04. The Hall–Kier alpha value is -0.890. The summed E-state index contributed by atoms with van der Waals surface area (Å²) < 4.78 is 0. The van der Waals surface area contributed by atoms with Gasteiger partial charge in [0, 0.05) is 24.4 Å². The van der Waals surface area contributed by atoms with Gasteiger partial charge in [0.2, 0.25) is 0 Å². The van der Waals surface area contributed by atoms with Crippen LogP contribution in [-0.2, 0) is 6.42 Å². The summed E-state index contributed by atoms with van der Waals surface area (Å²) in [5.74, 6) is 0. The van der Waals surface area contributed by atoms with Crippen molar-refractivity contribution in [2.24, 2.45) is 5.73 Å². The highest BCUT2D eigenvalue weighted by molar-refractivity contribution is 5.12. The molecule has 0 amide bonds.